The van der Waals surface area contributed by atoms with Gasteiger partial charge in [0.25, 0.3) is 5.91 Å². The number of halogens is 1. The molecule has 2 aliphatic rings. The number of hydrogen-bond acceptors (Lipinski definition) is 3. The number of nitrogens with zero attached hydrogens (tertiary/aromatic N) is 2. The van der Waals surface area contributed by atoms with Crippen LogP contribution in [0.4, 0.5) is 4.39 Å². The van der Waals surface area contributed by atoms with E-state index in [-0.39, 0.29) is 36.0 Å². The summed E-state index contributed by atoms with van der Waals surface area (Å²) in [4.78, 5) is 39.8. The van der Waals surface area contributed by atoms with Crippen molar-refractivity contribution in [1.29, 1.82) is 0 Å². The summed E-state index contributed by atoms with van der Waals surface area (Å²) in [6.07, 6.45) is 1.45. The van der Waals surface area contributed by atoms with Crippen molar-refractivity contribution >= 4 is 17.7 Å². The highest BCUT2D eigenvalue weighted by atomic mass is 19.1. The van der Waals surface area contributed by atoms with E-state index < -0.39 is 0 Å². The van der Waals surface area contributed by atoms with Crippen molar-refractivity contribution in [1.82, 2.24) is 15.1 Å². The molecule has 7 heteroatoms. The largest absolute Gasteiger partial charge is 0.353 e. The van der Waals surface area contributed by atoms with Gasteiger partial charge in [0.1, 0.15) is 5.82 Å². The molecular weight excluding hydrogens is 313 g/mol. The predicted octanol–water partition coefficient (Wildman–Crippen LogP) is 0.636. The van der Waals surface area contributed by atoms with Crippen LogP contribution in [0.2, 0.25) is 0 Å². The van der Waals surface area contributed by atoms with E-state index >= 15 is 0 Å². The van der Waals surface area contributed by atoms with Gasteiger partial charge in [-0.2, -0.15) is 0 Å². The first-order chi connectivity index (χ1) is 11.5. The van der Waals surface area contributed by atoms with Gasteiger partial charge >= 0.3 is 0 Å². The summed E-state index contributed by atoms with van der Waals surface area (Å²) in [6, 6.07) is 5.43. The number of carbonyl (C=O) groups excluding carboxylic acids is 3. The Hall–Kier alpha value is -2.44. The first kappa shape index (κ1) is 16.4. The average molecular weight is 333 g/mol. The van der Waals surface area contributed by atoms with Crippen LogP contribution in [0.1, 0.15) is 23.2 Å². The Morgan fingerprint density at radius 3 is 2.58 bits per heavy atom. The Morgan fingerprint density at radius 1 is 1.12 bits per heavy atom. The molecule has 24 heavy (non-hydrogen) atoms. The third-order valence-electron chi connectivity index (χ3n) is 4.50. The molecule has 3 amide bonds. The Morgan fingerprint density at radius 2 is 1.88 bits per heavy atom. The molecule has 0 aliphatic carbocycles. The third-order valence-corrected chi connectivity index (χ3v) is 4.50. The van der Waals surface area contributed by atoms with Crippen molar-refractivity contribution in [3.63, 3.8) is 0 Å². The zero-order chi connectivity index (χ0) is 17.1. The minimum atomic E-state index is -0.387. The normalized spacial score (nSPS) is 21.4. The van der Waals surface area contributed by atoms with Gasteiger partial charge in [-0.3, -0.25) is 14.4 Å². The smallest absolute Gasteiger partial charge is 0.253 e. The van der Waals surface area contributed by atoms with Crippen LogP contribution >= 0.6 is 0 Å². The fourth-order valence-electron chi connectivity index (χ4n) is 3.22. The molecule has 3 rings (SSSR count). The molecule has 1 unspecified atom stereocenters. The molecule has 0 aromatic heterocycles. The van der Waals surface area contributed by atoms with Crippen LogP contribution in [0, 0.1) is 11.7 Å². The molecule has 1 N–H and O–H groups in total. The lowest BCUT2D eigenvalue weighted by Gasteiger charge is -2.36. The molecule has 2 saturated heterocycles. The predicted molar refractivity (Wildman–Crippen MR) is 84.6 cm³/mol. The van der Waals surface area contributed by atoms with Crippen LogP contribution in [0.15, 0.2) is 24.3 Å². The van der Waals surface area contributed by atoms with Crippen molar-refractivity contribution < 1.29 is 18.8 Å². The Bertz CT molecular complexity index is 647. The second-order valence-corrected chi connectivity index (χ2v) is 6.21. The third kappa shape index (κ3) is 3.55. The van der Waals surface area contributed by atoms with Crippen LogP contribution in [0.3, 0.4) is 0 Å². The summed E-state index contributed by atoms with van der Waals surface area (Å²) >= 11 is 0. The zero-order valence-corrected chi connectivity index (χ0v) is 13.3. The van der Waals surface area contributed by atoms with Crippen molar-refractivity contribution in [2.75, 3.05) is 32.7 Å². The van der Waals surface area contributed by atoms with Gasteiger partial charge in [-0.25, -0.2) is 4.39 Å². The number of piperazine rings is 1. The lowest BCUT2D eigenvalue weighted by Crippen LogP contribution is -2.54. The lowest BCUT2D eigenvalue weighted by atomic mass is 9.95. The molecule has 2 fully saturated rings. The van der Waals surface area contributed by atoms with Gasteiger partial charge in [0.15, 0.2) is 0 Å². The monoisotopic (exact) mass is 333 g/mol. The van der Waals surface area contributed by atoms with Gasteiger partial charge in [0.2, 0.25) is 11.8 Å². The average Bonchev–Trinajstić information content (AvgIpc) is 2.61. The van der Waals surface area contributed by atoms with Crippen LogP contribution in [-0.4, -0.2) is 60.2 Å². The van der Waals surface area contributed by atoms with E-state index in [0.29, 0.717) is 38.2 Å². The van der Waals surface area contributed by atoms with E-state index in [2.05, 4.69) is 5.32 Å². The Balaban J connectivity index is 1.65. The minimum absolute atomic E-state index is 0.0681. The van der Waals surface area contributed by atoms with Crippen LogP contribution < -0.4 is 5.32 Å². The van der Waals surface area contributed by atoms with Crippen molar-refractivity contribution in [3.05, 3.63) is 35.6 Å². The van der Waals surface area contributed by atoms with E-state index in [1.54, 1.807) is 9.80 Å². The summed E-state index contributed by atoms with van der Waals surface area (Å²) in [5.41, 5.74) is 0.418. The van der Waals surface area contributed by atoms with E-state index in [0.717, 1.165) is 6.42 Å². The van der Waals surface area contributed by atoms with Crippen molar-refractivity contribution in [2.24, 2.45) is 5.92 Å². The highest BCUT2D eigenvalue weighted by Crippen LogP contribution is 2.21. The number of hydrogen-bond donors (Lipinski definition) is 1. The maximum Gasteiger partial charge on any atom is 0.253 e. The van der Waals surface area contributed by atoms with Crippen LogP contribution in [0.25, 0.3) is 0 Å². The molecule has 1 aromatic rings. The standard InChI is InChI=1S/C17H20FN3O3/c18-14-5-3-12(4-6-14)16(23)20-8-1-2-13(10-20)17(24)21-9-7-19-15(22)11-21/h3-6,13H,1-2,7-11H2,(H,19,22). The van der Waals surface area contributed by atoms with Gasteiger partial charge in [-0.15, -0.1) is 0 Å². The van der Waals surface area contributed by atoms with Gasteiger partial charge in [0, 0.05) is 31.7 Å². The molecule has 6 nitrogen and oxygen atoms in total. The number of carbonyl (C=O) groups is 3. The minimum Gasteiger partial charge on any atom is -0.353 e. The van der Waals surface area contributed by atoms with Crippen LogP contribution in [0.5, 0.6) is 0 Å². The van der Waals surface area contributed by atoms with Gasteiger partial charge < -0.3 is 15.1 Å². The zero-order valence-electron chi connectivity index (χ0n) is 13.3. The molecule has 2 aliphatic heterocycles. The molecule has 0 spiro atoms. The molecular formula is C17H20FN3O3. The summed E-state index contributed by atoms with van der Waals surface area (Å²) in [5, 5.41) is 2.69. The van der Waals surface area contributed by atoms with Crippen molar-refractivity contribution in [3.8, 4) is 0 Å². The number of piperidine rings is 1. The highest BCUT2D eigenvalue weighted by Gasteiger charge is 2.33. The molecule has 128 valence electrons. The second-order valence-electron chi connectivity index (χ2n) is 6.21. The van der Waals surface area contributed by atoms with Crippen LogP contribution in [-0.2, 0) is 9.59 Å². The number of amides is 3. The molecule has 0 bridgehead atoms. The SMILES string of the molecule is O=C1CN(C(=O)C2CCCN(C(=O)c3ccc(F)cc3)C2)CCN1. The fraction of sp³-hybridized carbons (Fsp3) is 0.471. The number of benzene rings is 1. The summed E-state index contributed by atoms with van der Waals surface area (Å²) < 4.78 is 13.0. The Kier molecular flexibility index (Phi) is 4.78. The maximum atomic E-state index is 13.0. The molecule has 0 radical (unpaired) electrons. The summed E-state index contributed by atoms with van der Waals surface area (Å²) in [6.45, 7) is 1.98. The molecule has 2 heterocycles. The molecule has 1 aromatic carbocycles. The van der Waals surface area contributed by atoms with Crippen molar-refractivity contribution in [2.45, 2.75) is 12.8 Å². The first-order valence-electron chi connectivity index (χ1n) is 8.15. The number of likely N-dealkylation sites (tertiary alicyclic amines) is 1. The van der Waals surface area contributed by atoms with E-state index in [9.17, 15) is 18.8 Å². The van der Waals surface area contributed by atoms with Gasteiger partial charge in [-0.1, -0.05) is 0 Å². The topological polar surface area (TPSA) is 69.7 Å². The summed E-state index contributed by atoms with van der Waals surface area (Å²) in [5.74, 6) is -1.08. The summed E-state index contributed by atoms with van der Waals surface area (Å²) in [7, 11) is 0. The second kappa shape index (κ2) is 6.98. The van der Waals surface area contributed by atoms with E-state index in [1.165, 1.54) is 24.3 Å². The van der Waals surface area contributed by atoms with E-state index in [4.69, 9.17) is 0 Å². The molecule has 0 saturated carbocycles. The fourth-order valence-corrected chi connectivity index (χ4v) is 3.22. The van der Waals surface area contributed by atoms with Gasteiger partial charge in [-0.05, 0) is 37.1 Å². The number of nitrogens with one attached hydrogen (secondary N) is 1. The lowest BCUT2D eigenvalue weighted by molar-refractivity contribution is -0.142. The quantitative estimate of drug-likeness (QED) is 0.863. The Labute approximate surface area is 139 Å². The molecule has 1 atom stereocenters. The first-order valence-corrected chi connectivity index (χ1v) is 8.15. The maximum absolute atomic E-state index is 13.0. The van der Waals surface area contributed by atoms with E-state index in [1.807, 2.05) is 0 Å². The number of rotatable bonds is 2. The van der Waals surface area contributed by atoms with Gasteiger partial charge in [0.05, 0.1) is 12.5 Å². The highest BCUT2D eigenvalue weighted by molar-refractivity contribution is 5.95.